The molecule has 0 saturated carbocycles. The predicted molar refractivity (Wildman–Crippen MR) is 88.5 cm³/mol. The fraction of sp³-hybridized carbons (Fsp3) is 0.611. The van der Waals surface area contributed by atoms with Gasteiger partial charge in [-0.15, -0.1) is 0 Å². The number of likely N-dealkylation sites (tertiary alicyclic amines) is 1. The number of amides is 1. The highest BCUT2D eigenvalue weighted by Gasteiger charge is 2.32. The Morgan fingerprint density at radius 2 is 1.77 bits per heavy atom. The van der Waals surface area contributed by atoms with Crippen molar-refractivity contribution in [1.29, 1.82) is 0 Å². The molecule has 1 aromatic rings. The van der Waals surface area contributed by atoms with E-state index in [-0.39, 0.29) is 5.92 Å². The Morgan fingerprint density at radius 3 is 2.45 bits per heavy atom. The molecular formula is C18H27N3O. The van der Waals surface area contributed by atoms with E-state index in [1.165, 1.54) is 5.56 Å². The summed E-state index contributed by atoms with van der Waals surface area (Å²) in [5.74, 6) is 0.586. The van der Waals surface area contributed by atoms with Gasteiger partial charge in [0, 0.05) is 39.3 Å². The van der Waals surface area contributed by atoms with Gasteiger partial charge in [-0.25, -0.2) is 0 Å². The number of likely N-dealkylation sites (N-methyl/N-ethyl adjacent to an activating group) is 1. The van der Waals surface area contributed by atoms with Crippen LogP contribution in [0, 0.1) is 5.92 Å². The molecule has 0 radical (unpaired) electrons. The van der Waals surface area contributed by atoms with Crippen LogP contribution in [0.1, 0.15) is 18.9 Å². The molecule has 0 aromatic heterocycles. The highest BCUT2D eigenvalue weighted by molar-refractivity contribution is 5.79. The Hall–Kier alpha value is -1.39. The SMILES string of the molecule is CCN1CCN(C(=O)C2CCN(Cc3ccccc3)C2)CC1. The topological polar surface area (TPSA) is 26.8 Å². The number of benzene rings is 1. The molecule has 2 heterocycles. The van der Waals surface area contributed by atoms with Crippen molar-refractivity contribution in [3.8, 4) is 0 Å². The number of carbonyl (C=O) groups is 1. The van der Waals surface area contributed by atoms with Crippen LogP contribution >= 0.6 is 0 Å². The van der Waals surface area contributed by atoms with Crippen LogP contribution in [0.3, 0.4) is 0 Å². The van der Waals surface area contributed by atoms with Gasteiger partial charge in [-0.3, -0.25) is 9.69 Å². The van der Waals surface area contributed by atoms with E-state index in [1.807, 2.05) is 0 Å². The minimum Gasteiger partial charge on any atom is -0.340 e. The van der Waals surface area contributed by atoms with Gasteiger partial charge in [-0.2, -0.15) is 0 Å². The lowest BCUT2D eigenvalue weighted by molar-refractivity contribution is -0.136. The van der Waals surface area contributed by atoms with Crippen LogP contribution in [-0.4, -0.2) is 66.4 Å². The highest BCUT2D eigenvalue weighted by atomic mass is 16.2. The molecule has 120 valence electrons. The van der Waals surface area contributed by atoms with Gasteiger partial charge in [0.15, 0.2) is 0 Å². The summed E-state index contributed by atoms with van der Waals surface area (Å²) >= 11 is 0. The molecule has 0 aliphatic carbocycles. The molecule has 1 aromatic carbocycles. The summed E-state index contributed by atoms with van der Waals surface area (Å²) in [6.45, 7) is 10.1. The summed E-state index contributed by atoms with van der Waals surface area (Å²) in [4.78, 5) is 19.6. The van der Waals surface area contributed by atoms with E-state index in [1.54, 1.807) is 0 Å². The lowest BCUT2D eigenvalue weighted by Gasteiger charge is -2.35. The lowest BCUT2D eigenvalue weighted by Crippen LogP contribution is -2.50. The maximum atomic E-state index is 12.7. The second-order valence-corrected chi connectivity index (χ2v) is 6.47. The van der Waals surface area contributed by atoms with Gasteiger partial charge < -0.3 is 9.80 Å². The van der Waals surface area contributed by atoms with Crippen molar-refractivity contribution in [3.05, 3.63) is 35.9 Å². The average molecular weight is 301 g/mol. The number of hydrogen-bond acceptors (Lipinski definition) is 3. The smallest absolute Gasteiger partial charge is 0.227 e. The molecule has 4 heteroatoms. The van der Waals surface area contributed by atoms with Crippen LogP contribution in [0.2, 0.25) is 0 Å². The van der Waals surface area contributed by atoms with Crippen molar-refractivity contribution in [2.24, 2.45) is 5.92 Å². The molecule has 2 aliphatic rings. The number of piperazine rings is 1. The van der Waals surface area contributed by atoms with Crippen molar-refractivity contribution < 1.29 is 4.79 Å². The van der Waals surface area contributed by atoms with Crippen LogP contribution in [0.5, 0.6) is 0 Å². The molecule has 2 fully saturated rings. The third-order valence-corrected chi connectivity index (χ3v) is 5.00. The molecule has 1 unspecified atom stereocenters. The van der Waals surface area contributed by atoms with Gasteiger partial charge in [0.05, 0.1) is 5.92 Å². The Morgan fingerprint density at radius 1 is 1.05 bits per heavy atom. The Labute approximate surface area is 133 Å². The molecular weight excluding hydrogens is 274 g/mol. The maximum absolute atomic E-state index is 12.7. The average Bonchev–Trinajstić information content (AvgIpc) is 3.04. The predicted octanol–water partition coefficient (Wildman–Crippen LogP) is 1.67. The number of carbonyl (C=O) groups excluding carboxylic acids is 1. The third-order valence-electron chi connectivity index (χ3n) is 5.00. The maximum Gasteiger partial charge on any atom is 0.227 e. The molecule has 4 nitrogen and oxygen atoms in total. The van der Waals surface area contributed by atoms with E-state index in [4.69, 9.17) is 0 Å². The van der Waals surface area contributed by atoms with Gasteiger partial charge in [0.1, 0.15) is 0 Å². The number of rotatable bonds is 4. The molecule has 1 atom stereocenters. The fourth-order valence-electron chi connectivity index (χ4n) is 3.56. The van der Waals surface area contributed by atoms with Crippen molar-refractivity contribution in [2.75, 3.05) is 45.8 Å². The zero-order valence-corrected chi connectivity index (χ0v) is 13.6. The summed E-state index contributed by atoms with van der Waals surface area (Å²) < 4.78 is 0. The van der Waals surface area contributed by atoms with Gasteiger partial charge in [0.2, 0.25) is 5.91 Å². The first-order chi connectivity index (χ1) is 10.8. The van der Waals surface area contributed by atoms with Gasteiger partial charge in [-0.05, 0) is 25.1 Å². The standard InChI is InChI=1S/C18H27N3O/c1-2-19-10-12-21(13-11-19)18(22)17-8-9-20(15-17)14-16-6-4-3-5-7-16/h3-7,17H,2,8-15H2,1H3. The largest absolute Gasteiger partial charge is 0.340 e. The zero-order valence-electron chi connectivity index (χ0n) is 13.6. The summed E-state index contributed by atoms with van der Waals surface area (Å²) in [6, 6.07) is 10.6. The van der Waals surface area contributed by atoms with E-state index in [9.17, 15) is 4.79 Å². The van der Waals surface area contributed by atoms with E-state index >= 15 is 0 Å². The summed E-state index contributed by atoms with van der Waals surface area (Å²) in [5.41, 5.74) is 1.34. The van der Waals surface area contributed by atoms with Gasteiger partial charge in [0.25, 0.3) is 0 Å². The molecule has 0 spiro atoms. The monoisotopic (exact) mass is 301 g/mol. The first-order valence-corrected chi connectivity index (χ1v) is 8.53. The number of nitrogens with zero attached hydrogens (tertiary/aromatic N) is 3. The molecule has 2 saturated heterocycles. The van der Waals surface area contributed by atoms with Crippen LogP contribution in [-0.2, 0) is 11.3 Å². The van der Waals surface area contributed by atoms with Crippen LogP contribution < -0.4 is 0 Å². The summed E-state index contributed by atoms with van der Waals surface area (Å²) in [6.07, 6.45) is 1.01. The Kier molecular flexibility index (Phi) is 5.11. The minimum atomic E-state index is 0.205. The van der Waals surface area contributed by atoms with E-state index in [0.717, 1.165) is 58.8 Å². The van der Waals surface area contributed by atoms with Crippen molar-refractivity contribution in [1.82, 2.24) is 14.7 Å². The Balaban J connectivity index is 1.49. The fourth-order valence-corrected chi connectivity index (χ4v) is 3.56. The summed E-state index contributed by atoms with van der Waals surface area (Å²) in [7, 11) is 0. The molecule has 3 rings (SSSR count). The van der Waals surface area contributed by atoms with Gasteiger partial charge >= 0.3 is 0 Å². The van der Waals surface area contributed by atoms with Crippen LogP contribution in [0.4, 0.5) is 0 Å². The third kappa shape index (κ3) is 3.68. The first-order valence-electron chi connectivity index (χ1n) is 8.53. The van der Waals surface area contributed by atoms with Crippen molar-refractivity contribution in [2.45, 2.75) is 19.9 Å². The van der Waals surface area contributed by atoms with E-state index < -0.39 is 0 Å². The van der Waals surface area contributed by atoms with Crippen LogP contribution in [0.25, 0.3) is 0 Å². The zero-order chi connectivity index (χ0) is 15.4. The molecule has 1 amide bonds. The molecule has 0 bridgehead atoms. The molecule has 2 aliphatic heterocycles. The molecule has 0 N–H and O–H groups in total. The first kappa shape index (κ1) is 15.5. The quantitative estimate of drug-likeness (QED) is 0.846. The lowest BCUT2D eigenvalue weighted by atomic mass is 10.1. The van der Waals surface area contributed by atoms with Crippen molar-refractivity contribution in [3.63, 3.8) is 0 Å². The second-order valence-electron chi connectivity index (χ2n) is 6.47. The number of hydrogen-bond donors (Lipinski definition) is 0. The van der Waals surface area contributed by atoms with Gasteiger partial charge in [-0.1, -0.05) is 37.3 Å². The minimum absolute atomic E-state index is 0.205. The normalized spacial score (nSPS) is 23.9. The van der Waals surface area contributed by atoms with E-state index in [0.29, 0.717) is 5.91 Å². The van der Waals surface area contributed by atoms with Crippen molar-refractivity contribution >= 4 is 5.91 Å². The summed E-state index contributed by atoms with van der Waals surface area (Å²) in [5, 5.41) is 0. The Bertz CT molecular complexity index is 482. The van der Waals surface area contributed by atoms with E-state index in [2.05, 4.69) is 52.0 Å². The highest BCUT2D eigenvalue weighted by Crippen LogP contribution is 2.21. The molecule has 22 heavy (non-hydrogen) atoms. The second kappa shape index (κ2) is 7.25. The van der Waals surface area contributed by atoms with Crippen LogP contribution in [0.15, 0.2) is 30.3 Å².